The van der Waals surface area contributed by atoms with Crippen LogP contribution in [-0.2, 0) is 0 Å². The molecule has 3 N–H and O–H groups in total. The van der Waals surface area contributed by atoms with Crippen molar-refractivity contribution in [2.45, 2.75) is 12.1 Å². The van der Waals surface area contributed by atoms with E-state index in [0.717, 1.165) is 11.5 Å². The highest BCUT2D eigenvalue weighted by Gasteiger charge is 2.11. The molecule has 0 saturated carbocycles. The molecule has 100 valence electrons. The summed E-state index contributed by atoms with van der Waals surface area (Å²) in [5.74, 6) is 6.86. The number of thioether (sulfide) groups is 1. The second-order valence-corrected chi connectivity index (χ2v) is 4.86. The third kappa shape index (κ3) is 2.97. The zero-order valence-corrected chi connectivity index (χ0v) is 12.0. The molecule has 2 aromatic rings. The Labute approximate surface area is 117 Å². The smallest absolute Gasteiger partial charge is 0.191 e. The minimum Gasteiger partial charge on any atom is -0.329 e. The highest BCUT2D eigenvalue weighted by molar-refractivity contribution is 7.98. The number of aryl methyl sites for hydroxylation is 1. The Morgan fingerprint density at radius 2 is 2.00 bits per heavy atom. The lowest BCUT2D eigenvalue weighted by Gasteiger charge is -2.21. The Kier molecular flexibility index (Phi) is 4.24. The molecule has 0 unspecified atom stereocenters. The molecule has 0 atom stereocenters. The van der Waals surface area contributed by atoms with E-state index in [1.165, 1.54) is 17.3 Å². The quantitative estimate of drug-likeness (QED) is 0.387. The van der Waals surface area contributed by atoms with Gasteiger partial charge in [0.25, 0.3) is 0 Å². The zero-order chi connectivity index (χ0) is 13.8. The number of rotatable bonds is 4. The fourth-order valence-corrected chi connectivity index (χ4v) is 2.19. The van der Waals surface area contributed by atoms with Crippen LogP contribution in [0.2, 0.25) is 0 Å². The van der Waals surface area contributed by atoms with Crippen LogP contribution in [0.1, 0.15) is 5.56 Å². The van der Waals surface area contributed by atoms with Crippen LogP contribution in [-0.4, -0.2) is 23.3 Å². The van der Waals surface area contributed by atoms with Gasteiger partial charge in [-0.15, -0.1) is 0 Å². The van der Waals surface area contributed by atoms with Gasteiger partial charge in [0.2, 0.25) is 0 Å². The second kappa shape index (κ2) is 5.90. The van der Waals surface area contributed by atoms with Gasteiger partial charge in [-0.2, -0.15) is 0 Å². The minimum atomic E-state index is 0.606. The Morgan fingerprint density at radius 1 is 1.26 bits per heavy atom. The molecular weight excluding hydrogens is 258 g/mol. The van der Waals surface area contributed by atoms with Crippen LogP contribution in [0, 0.1) is 6.92 Å². The minimum absolute atomic E-state index is 0.606. The summed E-state index contributed by atoms with van der Waals surface area (Å²) in [5.41, 5.74) is 4.87. The molecule has 0 saturated heterocycles. The van der Waals surface area contributed by atoms with E-state index in [1.54, 1.807) is 0 Å². The number of nitrogen functional groups attached to an aromatic ring is 1. The number of nitrogens with zero attached hydrogens (tertiary/aromatic N) is 3. The van der Waals surface area contributed by atoms with E-state index in [9.17, 15) is 0 Å². The molecule has 0 radical (unpaired) electrons. The van der Waals surface area contributed by atoms with Gasteiger partial charge in [0.15, 0.2) is 5.16 Å². The number of nitrogens with one attached hydrogen (secondary N) is 1. The largest absolute Gasteiger partial charge is 0.329 e. The van der Waals surface area contributed by atoms with Crippen molar-refractivity contribution in [3.63, 3.8) is 0 Å². The SMILES string of the molecule is CSc1nc(NN)cc(N(C)c2ccccc2C)n1. The molecule has 19 heavy (non-hydrogen) atoms. The van der Waals surface area contributed by atoms with E-state index in [2.05, 4.69) is 34.5 Å². The molecule has 0 fully saturated rings. The average molecular weight is 275 g/mol. The predicted molar refractivity (Wildman–Crippen MR) is 80.9 cm³/mol. The first kappa shape index (κ1) is 13.6. The van der Waals surface area contributed by atoms with Crippen molar-refractivity contribution >= 4 is 29.1 Å². The number of hydrogen-bond acceptors (Lipinski definition) is 6. The van der Waals surface area contributed by atoms with E-state index < -0.39 is 0 Å². The summed E-state index contributed by atoms with van der Waals surface area (Å²) < 4.78 is 0. The van der Waals surface area contributed by atoms with Gasteiger partial charge in [0.05, 0.1) is 0 Å². The van der Waals surface area contributed by atoms with Gasteiger partial charge in [-0.05, 0) is 24.8 Å². The topological polar surface area (TPSA) is 67.1 Å². The third-order valence-corrected chi connectivity index (χ3v) is 3.39. The lowest BCUT2D eigenvalue weighted by atomic mass is 10.2. The number of hydrogen-bond donors (Lipinski definition) is 2. The first-order valence-electron chi connectivity index (χ1n) is 5.84. The van der Waals surface area contributed by atoms with Crippen molar-refractivity contribution in [2.24, 2.45) is 5.84 Å². The fraction of sp³-hybridized carbons (Fsp3) is 0.231. The van der Waals surface area contributed by atoms with Gasteiger partial charge in [0.1, 0.15) is 11.6 Å². The van der Waals surface area contributed by atoms with Crippen molar-refractivity contribution in [1.82, 2.24) is 9.97 Å². The molecule has 0 amide bonds. The number of aromatic nitrogens is 2. The van der Waals surface area contributed by atoms with E-state index in [1.807, 2.05) is 36.4 Å². The van der Waals surface area contributed by atoms with Gasteiger partial charge in [-0.25, -0.2) is 15.8 Å². The lowest BCUT2D eigenvalue weighted by molar-refractivity contribution is 0.942. The molecule has 1 heterocycles. The van der Waals surface area contributed by atoms with Crippen LogP contribution >= 0.6 is 11.8 Å². The number of hydrazine groups is 1. The molecule has 0 aliphatic carbocycles. The summed E-state index contributed by atoms with van der Waals surface area (Å²) >= 11 is 1.48. The summed E-state index contributed by atoms with van der Waals surface area (Å²) in [4.78, 5) is 10.8. The van der Waals surface area contributed by atoms with E-state index >= 15 is 0 Å². The van der Waals surface area contributed by atoms with Crippen molar-refractivity contribution in [3.8, 4) is 0 Å². The average Bonchev–Trinajstić information content (AvgIpc) is 2.46. The maximum atomic E-state index is 5.44. The summed E-state index contributed by atoms with van der Waals surface area (Å²) in [6.45, 7) is 2.07. The van der Waals surface area contributed by atoms with Gasteiger partial charge in [-0.3, -0.25) is 0 Å². The standard InChI is InChI=1S/C13H17N5S/c1-9-6-4-5-7-10(9)18(2)12-8-11(17-14)15-13(16-12)19-3/h4-8H,14H2,1-3H3,(H,15,16,17). The Bertz CT molecular complexity index is 550. The normalized spacial score (nSPS) is 10.3. The van der Waals surface area contributed by atoms with Crippen LogP contribution in [0.5, 0.6) is 0 Å². The molecule has 0 aliphatic rings. The van der Waals surface area contributed by atoms with E-state index in [-0.39, 0.29) is 0 Å². The van der Waals surface area contributed by atoms with Crippen LogP contribution in [0.15, 0.2) is 35.5 Å². The van der Waals surface area contributed by atoms with Crippen LogP contribution in [0.4, 0.5) is 17.3 Å². The monoisotopic (exact) mass is 275 g/mol. The molecule has 0 bridgehead atoms. The fourth-order valence-electron chi connectivity index (χ4n) is 1.81. The molecule has 2 rings (SSSR count). The van der Waals surface area contributed by atoms with Crippen molar-refractivity contribution in [3.05, 3.63) is 35.9 Å². The lowest BCUT2D eigenvalue weighted by Crippen LogP contribution is -2.15. The Morgan fingerprint density at radius 3 is 2.63 bits per heavy atom. The van der Waals surface area contributed by atoms with Gasteiger partial charge in [0, 0.05) is 18.8 Å². The van der Waals surface area contributed by atoms with Crippen molar-refractivity contribution in [1.29, 1.82) is 0 Å². The highest BCUT2D eigenvalue weighted by Crippen LogP contribution is 2.27. The van der Waals surface area contributed by atoms with E-state index in [0.29, 0.717) is 11.0 Å². The molecule has 1 aromatic heterocycles. The summed E-state index contributed by atoms with van der Waals surface area (Å²) in [6.07, 6.45) is 1.94. The molecule has 0 aliphatic heterocycles. The van der Waals surface area contributed by atoms with Gasteiger partial charge < -0.3 is 10.3 Å². The highest BCUT2D eigenvalue weighted by atomic mass is 32.2. The molecule has 6 heteroatoms. The molecule has 5 nitrogen and oxygen atoms in total. The maximum absolute atomic E-state index is 5.44. The van der Waals surface area contributed by atoms with Crippen molar-refractivity contribution < 1.29 is 0 Å². The zero-order valence-electron chi connectivity index (χ0n) is 11.2. The van der Waals surface area contributed by atoms with Crippen LogP contribution in [0.25, 0.3) is 0 Å². The van der Waals surface area contributed by atoms with E-state index in [4.69, 9.17) is 5.84 Å². The maximum Gasteiger partial charge on any atom is 0.191 e. The Hall–Kier alpha value is -1.79. The number of anilines is 3. The summed E-state index contributed by atoms with van der Waals surface area (Å²) in [6, 6.07) is 9.99. The van der Waals surface area contributed by atoms with Crippen LogP contribution < -0.4 is 16.2 Å². The molecule has 1 aromatic carbocycles. The second-order valence-electron chi connectivity index (χ2n) is 4.09. The summed E-state index contributed by atoms with van der Waals surface area (Å²) in [7, 11) is 1.98. The number of para-hydroxylation sites is 1. The van der Waals surface area contributed by atoms with Gasteiger partial charge >= 0.3 is 0 Å². The molecular formula is C13H17N5S. The van der Waals surface area contributed by atoms with Crippen molar-refractivity contribution in [2.75, 3.05) is 23.6 Å². The molecule has 0 spiro atoms. The number of nitrogens with two attached hydrogens (primary N) is 1. The predicted octanol–water partition coefficient (Wildman–Crippen LogP) is 2.56. The first-order chi connectivity index (χ1) is 9.15. The van der Waals surface area contributed by atoms with Crippen LogP contribution in [0.3, 0.4) is 0 Å². The summed E-state index contributed by atoms with van der Waals surface area (Å²) in [5, 5.41) is 0.686. The Balaban J connectivity index is 2.43. The first-order valence-corrected chi connectivity index (χ1v) is 7.07. The van der Waals surface area contributed by atoms with Gasteiger partial charge in [-0.1, -0.05) is 30.0 Å². The third-order valence-electron chi connectivity index (χ3n) is 2.84. The number of benzene rings is 1.